The van der Waals surface area contributed by atoms with E-state index in [1.54, 1.807) is 53.7 Å². The minimum atomic E-state index is -2.14. The van der Waals surface area contributed by atoms with Crippen LogP contribution < -0.4 is 10.1 Å². The average molecular weight is 980 g/mol. The third-order valence-corrected chi connectivity index (χ3v) is 13.8. The summed E-state index contributed by atoms with van der Waals surface area (Å²) < 4.78 is 53.2. The van der Waals surface area contributed by atoms with Crippen LogP contribution in [0.2, 0.25) is 0 Å². The monoisotopic (exact) mass is 979 g/mol. The van der Waals surface area contributed by atoms with Crippen LogP contribution in [0.1, 0.15) is 125 Å². The van der Waals surface area contributed by atoms with Crippen molar-refractivity contribution in [1.82, 2.24) is 5.32 Å². The number of hydrogen-bond donors (Lipinski definition) is 3. The number of hydrogen-bond acceptors (Lipinski definition) is 18. The van der Waals surface area contributed by atoms with E-state index in [9.17, 15) is 43.8 Å². The molecular formula is C51H65NO18. The Kier molecular flexibility index (Phi) is 16.3. The van der Waals surface area contributed by atoms with Gasteiger partial charge in [0.1, 0.15) is 36.6 Å². The van der Waals surface area contributed by atoms with Gasteiger partial charge in [0.15, 0.2) is 12.1 Å². The fraction of sp³-hybridized carbons (Fsp3) is 0.588. The molecule has 0 radical (unpaired) electrons. The second kappa shape index (κ2) is 21.3. The molecule has 19 nitrogen and oxygen atoms in total. The van der Waals surface area contributed by atoms with Gasteiger partial charge in [0.05, 0.1) is 72.0 Å². The van der Waals surface area contributed by atoms with E-state index in [1.807, 2.05) is 6.92 Å². The number of phenols is 1. The number of benzene rings is 1. The van der Waals surface area contributed by atoms with Gasteiger partial charge in [-0.05, 0) is 60.0 Å². The molecule has 0 aromatic heterocycles. The van der Waals surface area contributed by atoms with E-state index in [-0.39, 0.29) is 60.7 Å². The highest BCUT2D eigenvalue weighted by Gasteiger charge is 2.52. The zero-order valence-corrected chi connectivity index (χ0v) is 41.6. The number of aromatic hydroxyl groups is 1. The lowest BCUT2D eigenvalue weighted by Crippen LogP contribution is -2.49. The van der Waals surface area contributed by atoms with Crippen LogP contribution in [0.5, 0.6) is 11.5 Å². The van der Waals surface area contributed by atoms with E-state index in [1.165, 1.54) is 47.0 Å². The maximum atomic E-state index is 14.4. The molecule has 1 amide bonds. The number of carbonyl (C=O) groups excluding carboxylic acids is 7. The Morgan fingerprint density at radius 3 is 2.36 bits per heavy atom. The molecule has 13 atom stereocenters. The van der Waals surface area contributed by atoms with E-state index < -0.39 is 135 Å². The Morgan fingerprint density at radius 2 is 1.69 bits per heavy atom. The quantitative estimate of drug-likeness (QED) is 0.217. The van der Waals surface area contributed by atoms with E-state index >= 15 is 0 Å². The summed E-state index contributed by atoms with van der Waals surface area (Å²) in [5.41, 5.74) is -2.91. The number of aliphatic hydroxyl groups excluding tert-OH is 1. The number of nitrogens with one attached hydrogen (secondary N) is 1. The molecule has 1 aliphatic carbocycles. The Hall–Kier alpha value is -5.73. The van der Waals surface area contributed by atoms with E-state index in [0.29, 0.717) is 0 Å². The highest BCUT2D eigenvalue weighted by atomic mass is 16.7. The van der Waals surface area contributed by atoms with Crippen molar-refractivity contribution >= 4 is 41.2 Å². The standard InChI is InChI=1S/C51H65NO18/c1-23-14-13-15-31(28(6)67-49(61)50(9,10)21-36(55)62-12)18-24(2)41(56)26(4)44(68-30(8)53)25(3)34(69-37-20-35-46(29(7)66-37)64-22-63-35)16-17-65-51(11)47(59)40-38-33(54)19-32(52-48(23)60)43(58)39(38)42(57)27(5)45(40)70-51/h13-17,19,24-26,28-29,31,34-35,37,41,44,46,56-57H,18,20-22H2,1-12H3,(H,52,60)/b15-13+,17-16+,23-14-/t24-,25-,26-,28?,29-,31+,34+,35+,37+,41-,44-,46-,51+/m1/s1. The van der Waals surface area contributed by atoms with Crippen LogP contribution in [-0.4, -0.2) is 120 Å². The maximum absolute atomic E-state index is 14.4. The molecule has 2 fully saturated rings. The van der Waals surface area contributed by atoms with Crippen molar-refractivity contribution in [3.05, 3.63) is 70.2 Å². The van der Waals surface area contributed by atoms with Crippen LogP contribution in [0.4, 0.5) is 0 Å². The van der Waals surface area contributed by atoms with E-state index in [2.05, 4.69) is 5.32 Å². The topological polar surface area (TPSA) is 255 Å². The minimum absolute atomic E-state index is 0.0406. The van der Waals surface area contributed by atoms with Crippen molar-refractivity contribution in [3.63, 3.8) is 0 Å². The zero-order valence-electron chi connectivity index (χ0n) is 41.6. The molecular weight excluding hydrogens is 915 g/mol. The molecule has 5 heterocycles. The van der Waals surface area contributed by atoms with E-state index in [0.717, 1.165) is 12.3 Å². The van der Waals surface area contributed by atoms with Crippen molar-refractivity contribution in [2.45, 2.75) is 150 Å². The highest BCUT2D eigenvalue weighted by molar-refractivity contribution is 6.30. The number of ketones is 3. The second-order valence-electron chi connectivity index (χ2n) is 19.7. The SMILES string of the molecule is COC(=O)CC(C)(C)C(=O)OC(C)[C@H]1/C=C/C=C(/C)C(=O)NC2=CC(=O)c3c(c(O)c(C)c4c3C(=O)[C@@](C)(O/C=C/[C@H](O[C@H]3C[C@@H]5OCO[C@@H]5[C@@H](C)O3)[C@@H](C)[C@@H](OC(C)=O)[C@H](C)[C@H](O)[C@H](C)C1)O4)C2=O. The summed E-state index contributed by atoms with van der Waals surface area (Å²) in [6, 6.07) is 0. The maximum Gasteiger partial charge on any atom is 0.312 e. The Balaban J connectivity index is 1.43. The largest absolute Gasteiger partial charge is 0.507 e. The predicted octanol–water partition coefficient (Wildman–Crippen LogP) is 5.41. The third kappa shape index (κ3) is 11.1. The Morgan fingerprint density at radius 1 is 0.986 bits per heavy atom. The lowest BCUT2D eigenvalue weighted by molar-refractivity contribution is -0.246. The lowest BCUT2D eigenvalue weighted by Gasteiger charge is -2.40. The number of carbonyl (C=O) groups is 7. The minimum Gasteiger partial charge on any atom is -0.507 e. The lowest BCUT2D eigenvalue weighted by atomic mass is 9.78. The van der Waals surface area contributed by atoms with Crippen LogP contribution in [-0.2, 0) is 57.1 Å². The first-order chi connectivity index (χ1) is 32.8. The zero-order chi connectivity index (χ0) is 51.7. The molecule has 2 saturated heterocycles. The first kappa shape index (κ1) is 53.6. The normalized spacial score (nSPS) is 33.8. The summed E-state index contributed by atoms with van der Waals surface area (Å²) in [5, 5.41) is 26.0. The molecule has 382 valence electrons. The first-order valence-electron chi connectivity index (χ1n) is 23.4. The smallest absolute Gasteiger partial charge is 0.312 e. The van der Waals surface area contributed by atoms with Gasteiger partial charge < -0.3 is 58.2 Å². The van der Waals surface area contributed by atoms with Crippen LogP contribution in [0.25, 0.3) is 0 Å². The molecule has 5 bridgehead atoms. The Labute approximate surface area is 406 Å². The molecule has 6 aliphatic rings. The number of ether oxygens (including phenoxy) is 9. The molecule has 19 heteroatoms. The Bertz CT molecular complexity index is 2400. The van der Waals surface area contributed by atoms with Gasteiger partial charge in [-0.15, -0.1) is 0 Å². The van der Waals surface area contributed by atoms with Crippen LogP contribution in [0, 0.1) is 36.0 Å². The number of fused-ring (bicyclic) bond motifs is 15. The van der Waals surface area contributed by atoms with Crippen molar-refractivity contribution in [2.75, 3.05) is 13.9 Å². The molecule has 1 unspecified atom stereocenters. The number of Topliss-reactive ketones (excluding diaryl/α,β-unsaturated/α-hetero) is 2. The van der Waals surface area contributed by atoms with Gasteiger partial charge in [0.2, 0.25) is 5.78 Å². The molecule has 1 aromatic carbocycles. The molecule has 0 saturated carbocycles. The van der Waals surface area contributed by atoms with Crippen LogP contribution in [0.3, 0.4) is 0 Å². The molecule has 5 aliphatic heterocycles. The number of amides is 1. The molecule has 3 N–H and O–H groups in total. The summed E-state index contributed by atoms with van der Waals surface area (Å²) in [7, 11) is 1.21. The number of rotatable bonds is 8. The van der Waals surface area contributed by atoms with Crippen molar-refractivity contribution < 1.29 is 86.4 Å². The predicted molar refractivity (Wildman–Crippen MR) is 246 cm³/mol. The number of methoxy groups -OCH3 is 1. The number of allylic oxidation sites excluding steroid dienone is 4. The summed E-state index contributed by atoms with van der Waals surface area (Å²) in [6.07, 6.45) is 2.29. The van der Waals surface area contributed by atoms with Crippen molar-refractivity contribution in [3.8, 4) is 11.5 Å². The van der Waals surface area contributed by atoms with Gasteiger partial charge in [0.25, 0.3) is 11.7 Å². The van der Waals surface area contributed by atoms with Gasteiger partial charge in [0, 0.05) is 55.2 Å². The van der Waals surface area contributed by atoms with Gasteiger partial charge in [-0.2, -0.15) is 0 Å². The van der Waals surface area contributed by atoms with E-state index in [4.69, 9.17) is 42.6 Å². The summed E-state index contributed by atoms with van der Waals surface area (Å²) in [4.78, 5) is 94.4. The van der Waals surface area contributed by atoms with Crippen molar-refractivity contribution in [1.29, 1.82) is 0 Å². The highest BCUT2D eigenvalue weighted by Crippen LogP contribution is 2.48. The summed E-state index contributed by atoms with van der Waals surface area (Å²) in [6.45, 7) is 17.3. The van der Waals surface area contributed by atoms with Gasteiger partial charge in [-0.25, -0.2) is 0 Å². The average Bonchev–Trinajstić information content (AvgIpc) is 3.88. The number of aliphatic hydroxyl groups is 1. The second-order valence-corrected chi connectivity index (χ2v) is 19.7. The number of esters is 3. The van der Waals surface area contributed by atoms with Crippen LogP contribution in [0.15, 0.2) is 47.9 Å². The fourth-order valence-electron chi connectivity index (χ4n) is 9.50. The fourth-order valence-corrected chi connectivity index (χ4v) is 9.50. The first-order valence-corrected chi connectivity index (χ1v) is 23.4. The molecule has 1 aromatic rings. The van der Waals surface area contributed by atoms with Gasteiger partial charge in [-0.3, -0.25) is 33.6 Å². The molecule has 7 rings (SSSR count). The number of phenolic OH excluding ortho intramolecular Hbond substituents is 1. The van der Waals surface area contributed by atoms with Gasteiger partial charge >= 0.3 is 23.7 Å². The summed E-state index contributed by atoms with van der Waals surface area (Å²) >= 11 is 0. The molecule has 0 spiro atoms. The third-order valence-electron chi connectivity index (χ3n) is 13.8. The van der Waals surface area contributed by atoms with Crippen LogP contribution >= 0.6 is 0 Å². The van der Waals surface area contributed by atoms with Gasteiger partial charge in [-0.1, -0.05) is 39.0 Å². The summed E-state index contributed by atoms with van der Waals surface area (Å²) in [5.74, 6) is -11.1. The van der Waals surface area contributed by atoms with Crippen molar-refractivity contribution in [2.24, 2.45) is 29.1 Å². The molecule has 70 heavy (non-hydrogen) atoms.